The molecular formula is C32H37F2N3O4. The predicted octanol–water partition coefficient (Wildman–Crippen LogP) is 4.29. The molecule has 2 aromatic rings. The average molecular weight is 566 g/mol. The quantitative estimate of drug-likeness (QED) is 0.436. The second kappa shape index (κ2) is 12.5. The number of rotatable bonds is 10. The van der Waals surface area contributed by atoms with Crippen molar-refractivity contribution in [2.24, 2.45) is 5.92 Å². The zero-order valence-electron chi connectivity index (χ0n) is 23.1. The van der Waals surface area contributed by atoms with Crippen molar-refractivity contribution in [3.8, 4) is 0 Å². The molecule has 218 valence electrons. The van der Waals surface area contributed by atoms with Crippen molar-refractivity contribution in [3.63, 3.8) is 0 Å². The molecule has 2 aromatic carbocycles. The van der Waals surface area contributed by atoms with Crippen molar-refractivity contribution >= 4 is 23.5 Å². The minimum Gasteiger partial charge on any atom is -0.346 e. The molecule has 0 bridgehead atoms. The Hall–Kier alpha value is -3.62. The Labute approximate surface area is 239 Å². The predicted molar refractivity (Wildman–Crippen MR) is 149 cm³/mol. The minimum atomic E-state index is -4.28. The van der Waals surface area contributed by atoms with Crippen molar-refractivity contribution in [1.29, 1.82) is 0 Å². The highest BCUT2D eigenvalue weighted by Crippen LogP contribution is 2.43. The van der Waals surface area contributed by atoms with E-state index in [4.69, 9.17) is 0 Å². The lowest BCUT2D eigenvalue weighted by Crippen LogP contribution is -2.57. The van der Waals surface area contributed by atoms with Gasteiger partial charge in [-0.15, -0.1) is 0 Å². The standard InChI is InChI=1S/C32H37F2N3O4/c33-32(34,31(41)35-21-23-12-5-2-6-13-23)29(39)26-17-9-19-36(26)30(40)27-20-24-15-8-16-25(24)37(27)28(38)18-7-14-22-10-3-1-4-11-22/h1-6,10-13,24-27H,7-9,14-21H2,(H,35,41)/t24-,25-,26-,27-/m0/s1. The van der Waals surface area contributed by atoms with E-state index in [1.54, 1.807) is 35.2 Å². The number of ketones is 1. The largest absolute Gasteiger partial charge is 0.383 e. The van der Waals surface area contributed by atoms with Gasteiger partial charge in [0.05, 0.1) is 6.04 Å². The second-order valence-electron chi connectivity index (χ2n) is 11.4. The van der Waals surface area contributed by atoms with Crippen LogP contribution >= 0.6 is 0 Å². The molecule has 0 unspecified atom stereocenters. The maximum atomic E-state index is 15.1. The Kier molecular flexibility index (Phi) is 8.80. The highest BCUT2D eigenvalue weighted by Gasteiger charge is 2.55. The van der Waals surface area contributed by atoms with Crippen LogP contribution in [0, 0.1) is 5.92 Å². The molecular weight excluding hydrogens is 528 g/mol. The van der Waals surface area contributed by atoms with E-state index in [9.17, 15) is 19.2 Å². The number of nitrogens with zero attached hydrogens (tertiary/aromatic N) is 2. The molecule has 1 aliphatic carbocycles. The summed E-state index contributed by atoms with van der Waals surface area (Å²) in [6.07, 6.45) is 5.35. The van der Waals surface area contributed by atoms with Gasteiger partial charge in [0.2, 0.25) is 17.6 Å². The Morgan fingerprint density at radius 1 is 0.854 bits per heavy atom. The van der Waals surface area contributed by atoms with Crippen molar-refractivity contribution in [3.05, 3.63) is 71.8 Å². The van der Waals surface area contributed by atoms with E-state index in [0.29, 0.717) is 31.2 Å². The van der Waals surface area contributed by atoms with Gasteiger partial charge in [0, 0.05) is 25.6 Å². The molecule has 9 heteroatoms. The van der Waals surface area contributed by atoms with Gasteiger partial charge in [-0.25, -0.2) is 0 Å². The Morgan fingerprint density at radius 3 is 2.24 bits per heavy atom. The smallest absolute Gasteiger partial charge is 0.346 e. The number of hydrogen-bond acceptors (Lipinski definition) is 4. The number of hydrogen-bond donors (Lipinski definition) is 1. The number of nitrogens with one attached hydrogen (secondary N) is 1. The zero-order valence-corrected chi connectivity index (χ0v) is 23.1. The summed E-state index contributed by atoms with van der Waals surface area (Å²) in [7, 11) is 0. The molecule has 2 aliphatic heterocycles. The molecule has 4 atom stereocenters. The summed E-state index contributed by atoms with van der Waals surface area (Å²) >= 11 is 0. The van der Waals surface area contributed by atoms with E-state index in [0.717, 1.165) is 31.2 Å². The monoisotopic (exact) mass is 565 g/mol. The first-order valence-electron chi connectivity index (χ1n) is 14.7. The fourth-order valence-corrected chi connectivity index (χ4v) is 6.79. The molecule has 0 spiro atoms. The van der Waals surface area contributed by atoms with Gasteiger partial charge in [-0.3, -0.25) is 19.2 Å². The minimum absolute atomic E-state index is 0.0323. The van der Waals surface area contributed by atoms with Crippen molar-refractivity contribution in [2.45, 2.75) is 88.4 Å². The van der Waals surface area contributed by atoms with Crippen LogP contribution in [-0.2, 0) is 32.1 Å². The van der Waals surface area contributed by atoms with Gasteiger partial charge in [0.25, 0.3) is 5.91 Å². The van der Waals surface area contributed by atoms with Crippen LogP contribution in [0.4, 0.5) is 8.78 Å². The van der Waals surface area contributed by atoms with Gasteiger partial charge >= 0.3 is 5.92 Å². The number of amides is 3. The lowest BCUT2D eigenvalue weighted by atomic mass is 10.00. The van der Waals surface area contributed by atoms with Crippen LogP contribution in [0.5, 0.6) is 0 Å². The van der Waals surface area contributed by atoms with Crippen LogP contribution in [0.25, 0.3) is 0 Å². The van der Waals surface area contributed by atoms with E-state index in [1.807, 2.05) is 30.3 Å². The van der Waals surface area contributed by atoms with Crippen molar-refractivity contribution in [2.75, 3.05) is 6.54 Å². The van der Waals surface area contributed by atoms with Gasteiger partial charge in [0.1, 0.15) is 6.04 Å². The molecule has 2 heterocycles. The van der Waals surface area contributed by atoms with E-state index < -0.39 is 35.6 Å². The Bertz CT molecular complexity index is 1260. The number of alkyl halides is 2. The third-order valence-corrected chi connectivity index (χ3v) is 8.84. The number of halogens is 2. The summed E-state index contributed by atoms with van der Waals surface area (Å²) in [5, 5.41) is 2.16. The summed E-state index contributed by atoms with van der Waals surface area (Å²) in [6.45, 7) is 0.0148. The Morgan fingerprint density at radius 2 is 1.54 bits per heavy atom. The van der Waals surface area contributed by atoms with Crippen molar-refractivity contribution in [1.82, 2.24) is 15.1 Å². The number of benzene rings is 2. The highest BCUT2D eigenvalue weighted by atomic mass is 19.3. The van der Waals surface area contributed by atoms with Crippen LogP contribution < -0.4 is 5.32 Å². The lowest BCUT2D eigenvalue weighted by Gasteiger charge is -2.34. The summed E-state index contributed by atoms with van der Waals surface area (Å²) in [5.41, 5.74) is 1.77. The molecule has 0 radical (unpaired) electrons. The molecule has 3 fully saturated rings. The second-order valence-corrected chi connectivity index (χ2v) is 11.4. The molecule has 0 aromatic heterocycles. The maximum absolute atomic E-state index is 15.1. The van der Waals surface area contributed by atoms with Gasteiger partial charge in [-0.2, -0.15) is 8.78 Å². The molecule has 7 nitrogen and oxygen atoms in total. The topological polar surface area (TPSA) is 86.8 Å². The van der Waals surface area contributed by atoms with E-state index in [1.165, 1.54) is 4.90 Å². The lowest BCUT2D eigenvalue weighted by molar-refractivity contribution is -0.163. The summed E-state index contributed by atoms with van der Waals surface area (Å²) < 4.78 is 30.2. The van der Waals surface area contributed by atoms with Crippen LogP contribution in [-0.4, -0.2) is 63.9 Å². The number of likely N-dealkylation sites (tertiary alicyclic amines) is 2. The molecule has 3 amide bonds. The van der Waals surface area contributed by atoms with Crippen molar-refractivity contribution < 1.29 is 28.0 Å². The first-order chi connectivity index (χ1) is 19.8. The molecule has 1 N–H and O–H groups in total. The number of Topliss-reactive ketones (excluding diaryl/α,β-unsaturated/α-hetero) is 1. The van der Waals surface area contributed by atoms with Crippen LogP contribution in [0.2, 0.25) is 0 Å². The summed E-state index contributed by atoms with van der Waals surface area (Å²) in [4.78, 5) is 55.7. The van der Waals surface area contributed by atoms with Crippen LogP contribution in [0.3, 0.4) is 0 Å². The highest BCUT2D eigenvalue weighted by molar-refractivity contribution is 6.10. The first-order valence-corrected chi connectivity index (χ1v) is 14.7. The number of fused-ring (bicyclic) bond motifs is 1. The fraction of sp³-hybridized carbons (Fsp3) is 0.500. The third kappa shape index (κ3) is 6.19. The Balaban J connectivity index is 1.25. The fourth-order valence-electron chi connectivity index (χ4n) is 6.79. The molecule has 5 rings (SSSR count). The van der Waals surface area contributed by atoms with E-state index in [2.05, 4.69) is 5.32 Å². The number of carbonyl (C=O) groups excluding carboxylic acids is 4. The van der Waals surface area contributed by atoms with Crippen LogP contribution in [0.1, 0.15) is 62.5 Å². The average Bonchev–Trinajstić information content (AvgIpc) is 3.73. The van der Waals surface area contributed by atoms with Crippen LogP contribution in [0.15, 0.2) is 60.7 Å². The molecule has 41 heavy (non-hydrogen) atoms. The number of carbonyl (C=O) groups is 4. The van der Waals surface area contributed by atoms with E-state index >= 15 is 8.78 Å². The SMILES string of the molecule is O=C([C@@H]1C[C@@H]2CCC[C@@H]2N1C(=O)CCCc1ccccc1)N1CCC[C@H]1C(=O)C(F)(F)C(=O)NCc1ccccc1. The molecule has 1 saturated carbocycles. The maximum Gasteiger partial charge on any atom is 0.383 e. The zero-order chi connectivity index (χ0) is 29.0. The summed E-state index contributed by atoms with van der Waals surface area (Å²) in [5.74, 6) is -7.86. The van der Waals surface area contributed by atoms with Gasteiger partial charge in [-0.1, -0.05) is 67.1 Å². The van der Waals surface area contributed by atoms with Gasteiger partial charge < -0.3 is 15.1 Å². The molecule has 3 aliphatic rings. The number of aryl methyl sites for hydroxylation is 1. The van der Waals surface area contributed by atoms with E-state index in [-0.39, 0.29) is 37.4 Å². The molecule has 2 saturated heterocycles. The third-order valence-electron chi connectivity index (χ3n) is 8.84. The van der Waals surface area contributed by atoms with Gasteiger partial charge in [0.15, 0.2) is 0 Å². The summed E-state index contributed by atoms with van der Waals surface area (Å²) in [6, 6.07) is 16.3. The first kappa shape index (κ1) is 28.9. The normalized spacial score (nSPS) is 23.9. The van der Waals surface area contributed by atoms with Gasteiger partial charge in [-0.05, 0) is 62.0 Å².